The number of carbonyl (C=O) groups excluding carboxylic acids is 1. The molecule has 0 radical (unpaired) electrons. The molecule has 0 aliphatic carbocycles. The summed E-state index contributed by atoms with van der Waals surface area (Å²) in [7, 11) is 3.82. The Bertz CT molecular complexity index is 478. The quantitative estimate of drug-likeness (QED) is 0.923. The van der Waals surface area contributed by atoms with Crippen molar-refractivity contribution in [1.29, 1.82) is 0 Å². The zero-order valence-corrected chi connectivity index (χ0v) is 13.2. The average Bonchev–Trinajstić information content (AvgIpc) is 2.64. The number of hydrogen-bond donors (Lipinski definition) is 1. The van der Waals surface area contributed by atoms with Crippen molar-refractivity contribution in [3.8, 4) is 0 Å². The van der Waals surface area contributed by atoms with Crippen LogP contribution in [0.3, 0.4) is 0 Å². The molecule has 0 saturated carbocycles. The minimum Gasteiger partial charge on any atom is -0.323 e. The fraction of sp³-hybridized carbons (Fsp3) is 0.500. The molecule has 0 spiro atoms. The molecule has 2 amide bonds. The van der Waals surface area contributed by atoms with Gasteiger partial charge in [0.25, 0.3) is 0 Å². The van der Waals surface area contributed by atoms with Crippen LogP contribution < -0.4 is 10.2 Å². The highest BCUT2D eigenvalue weighted by Gasteiger charge is 2.35. The lowest BCUT2D eigenvalue weighted by Crippen LogP contribution is -2.32. The van der Waals surface area contributed by atoms with Crippen molar-refractivity contribution < 1.29 is 4.79 Å². The summed E-state index contributed by atoms with van der Waals surface area (Å²) in [6.45, 7) is 3.73. The van der Waals surface area contributed by atoms with E-state index < -0.39 is 0 Å². The zero-order valence-electron chi connectivity index (χ0n) is 11.6. The summed E-state index contributed by atoms with van der Waals surface area (Å²) < 4.78 is 1.04. The first-order valence-corrected chi connectivity index (χ1v) is 7.29. The van der Waals surface area contributed by atoms with E-state index >= 15 is 0 Å². The van der Waals surface area contributed by atoms with Crippen LogP contribution in [0.5, 0.6) is 0 Å². The van der Waals surface area contributed by atoms with Gasteiger partial charge in [0, 0.05) is 23.8 Å². The van der Waals surface area contributed by atoms with Gasteiger partial charge in [-0.25, -0.2) is 4.79 Å². The number of benzene rings is 1. The zero-order chi connectivity index (χ0) is 14.0. The van der Waals surface area contributed by atoms with Gasteiger partial charge in [0.1, 0.15) is 0 Å². The molecule has 104 valence electrons. The van der Waals surface area contributed by atoms with Crippen LogP contribution in [0.2, 0.25) is 0 Å². The van der Waals surface area contributed by atoms with E-state index in [1.807, 2.05) is 49.0 Å². The number of nitrogens with zero attached hydrogens (tertiary/aromatic N) is 2. The van der Waals surface area contributed by atoms with E-state index in [2.05, 4.69) is 21.2 Å². The molecule has 1 atom stereocenters. The molecule has 1 aliphatic rings. The Morgan fingerprint density at radius 2 is 2.21 bits per heavy atom. The van der Waals surface area contributed by atoms with Gasteiger partial charge in [0.2, 0.25) is 0 Å². The van der Waals surface area contributed by atoms with Gasteiger partial charge < -0.3 is 10.2 Å². The van der Waals surface area contributed by atoms with E-state index in [9.17, 15) is 4.79 Å². The fourth-order valence-electron chi connectivity index (χ4n) is 2.48. The Kier molecular flexibility index (Phi) is 4.47. The van der Waals surface area contributed by atoms with Crippen LogP contribution in [0.25, 0.3) is 0 Å². The van der Waals surface area contributed by atoms with Crippen molar-refractivity contribution in [1.82, 2.24) is 10.2 Å². The van der Waals surface area contributed by atoms with Crippen LogP contribution in [0.15, 0.2) is 22.7 Å². The van der Waals surface area contributed by atoms with Crippen molar-refractivity contribution in [2.24, 2.45) is 0 Å². The third-order valence-electron chi connectivity index (χ3n) is 3.65. The lowest BCUT2D eigenvalue weighted by Gasteiger charge is -2.18. The molecule has 1 saturated heterocycles. The molecule has 1 aromatic rings. The van der Waals surface area contributed by atoms with Gasteiger partial charge in [-0.2, -0.15) is 0 Å². The van der Waals surface area contributed by atoms with E-state index in [1.54, 1.807) is 0 Å². The summed E-state index contributed by atoms with van der Waals surface area (Å²) in [4.78, 5) is 16.1. The molecule has 1 N–H and O–H groups in total. The highest BCUT2D eigenvalue weighted by molar-refractivity contribution is 9.10. The predicted molar refractivity (Wildman–Crippen MR) is 81.7 cm³/mol. The normalized spacial score (nSPS) is 19.4. The minimum atomic E-state index is 0.0894. The maximum atomic E-state index is 12.3. The van der Waals surface area contributed by atoms with Crippen LogP contribution >= 0.6 is 15.9 Å². The molecule has 1 aliphatic heterocycles. The molecule has 1 heterocycles. The molecule has 5 heteroatoms. The van der Waals surface area contributed by atoms with Gasteiger partial charge >= 0.3 is 6.03 Å². The average molecular weight is 326 g/mol. The second kappa shape index (κ2) is 5.92. The first-order valence-electron chi connectivity index (χ1n) is 6.49. The van der Waals surface area contributed by atoms with Gasteiger partial charge in [0.15, 0.2) is 0 Å². The maximum absolute atomic E-state index is 12.3. The van der Waals surface area contributed by atoms with E-state index in [1.165, 1.54) is 0 Å². The Labute approximate surface area is 122 Å². The molecule has 1 fully saturated rings. The van der Waals surface area contributed by atoms with Gasteiger partial charge in [-0.05, 0) is 50.7 Å². The van der Waals surface area contributed by atoms with Crippen molar-refractivity contribution in [3.63, 3.8) is 0 Å². The van der Waals surface area contributed by atoms with Crippen LogP contribution in [0.4, 0.5) is 10.5 Å². The standard InChI is InChI=1S/C14H20BrN3O/c1-10-8-11(15)4-5-13(10)18-9-12(6-7-16-2)17(3)14(18)19/h4-5,8,12,16H,6-7,9H2,1-3H3. The SMILES string of the molecule is CNCCC1CN(c2ccc(Br)cc2C)C(=O)N1C. The van der Waals surface area contributed by atoms with Crippen molar-refractivity contribution >= 4 is 27.6 Å². The first-order chi connectivity index (χ1) is 9.04. The molecule has 4 nitrogen and oxygen atoms in total. The Morgan fingerprint density at radius 1 is 1.47 bits per heavy atom. The van der Waals surface area contributed by atoms with Crippen LogP contribution in [-0.2, 0) is 0 Å². The fourth-order valence-corrected chi connectivity index (χ4v) is 2.95. The van der Waals surface area contributed by atoms with Crippen LogP contribution in [-0.4, -0.2) is 44.2 Å². The van der Waals surface area contributed by atoms with Crippen molar-refractivity contribution in [2.75, 3.05) is 32.1 Å². The molecule has 0 aromatic heterocycles. The summed E-state index contributed by atoms with van der Waals surface area (Å²) in [6.07, 6.45) is 0.977. The van der Waals surface area contributed by atoms with Crippen LogP contribution in [0, 0.1) is 6.92 Å². The number of rotatable bonds is 4. The first kappa shape index (κ1) is 14.3. The van der Waals surface area contributed by atoms with Gasteiger partial charge in [-0.15, -0.1) is 0 Å². The maximum Gasteiger partial charge on any atom is 0.324 e. The molecule has 19 heavy (non-hydrogen) atoms. The molecule has 0 bridgehead atoms. The van der Waals surface area contributed by atoms with Crippen LogP contribution in [0.1, 0.15) is 12.0 Å². The molecular weight excluding hydrogens is 306 g/mol. The lowest BCUT2D eigenvalue weighted by molar-refractivity contribution is 0.217. The van der Waals surface area contributed by atoms with E-state index in [-0.39, 0.29) is 12.1 Å². The highest BCUT2D eigenvalue weighted by Crippen LogP contribution is 2.29. The van der Waals surface area contributed by atoms with E-state index in [4.69, 9.17) is 0 Å². The third kappa shape index (κ3) is 2.92. The monoisotopic (exact) mass is 325 g/mol. The van der Waals surface area contributed by atoms with Crippen molar-refractivity contribution in [3.05, 3.63) is 28.2 Å². The number of carbonyl (C=O) groups is 1. The Morgan fingerprint density at radius 3 is 2.84 bits per heavy atom. The van der Waals surface area contributed by atoms with Gasteiger partial charge in [-0.1, -0.05) is 15.9 Å². The van der Waals surface area contributed by atoms with Gasteiger partial charge in [-0.3, -0.25) is 4.90 Å². The largest absolute Gasteiger partial charge is 0.324 e. The molecule has 1 unspecified atom stereocenters. The summed E-state index contributed by atoms with van der Waals surface area (Å²) in [5.74, 6) is 0. The number of urea groups is 1. The smallest absolute Gasteiger partial charge is 0.323 e. The number of aryl methyl sites for hydroxylation is 1. The molecular formula is C14H20BrN3O. The Hall–Kier alpha value is -1.07. The number of anilines is 1. The van der Waals surface area contributed by atoms with Crippen molar-refractivity contribution in [2.45, 2.75) is 19.4 Å². The number of hydrogen-bond acceptors (Lipinski definition) is 2. The summed E-state index contributed by atoms with van der Waals surface area (Å²) in [5.41, 5.74) is 2.12. The second-order valence-electron chi connectivity index (χ2n) is 4.98. The van der Waals surface area contributed by atoms with E-state index in [0.717, 1.165) is 35.2 Å². The van der Waals surface area contributed by atoms with Gasteiger partial charge in [0.05, 0.1) is 6.04 Å². The summed E-state index contributed by atoms with van der Waals surface area (Å²) >= 11 is 3.46. The number of likely N-dealkylation sites (N-methyl/N-ethyl adjacent to an activating group) is 1. The number of nitrogens with one attached hydrogen (secondary N) is 1. The minimum absolute atomic E-state index is 0.0894. The third-order valence-corrected chi connectivity index (χ3v) is 4.14. The number of halogens is 1. The molecule has 1 aromatic carbocycles. The second-order valence-corrected chi connectivity index (χ2v) is 5.90. The summed E-state index contributed by atoms with van der Waals surface area (Å²) in [5, 5.41) is 3.14. The van der Waals surface area contributed by atoms with E-state index in [0.29, 0.717) is 0 Å². The molecule has 2 rings (SSSR count). The predicted octanol–water partition coefficient (Wildman–Crippen LogP) is 2.61. The lowest BCUT2D eigenvalue weighted by atomic mass is 10.1. The Balaban J connectivity index is 2.19. The highest BCUT2D eigenvalue weighted by atomic mass is 79.9. The number of amides is 2. The summed E-state index contributed by atoms with van der Waals surface area (Å²) in [6, 6.07) is 6.40. The topological polar surface area (TPSA) is 35.6 Å².